The Bertz CT molecular complexity index is 406. The Balaban J connectivity index is 2.36. The Hall–Kier alpha value is -1.43. The first-order valence-corrected chi connectivity index (χ1v) is 5.48. The first-order chi connectivity index (χ1) is 7.68. The second-order valence-electron chi connectivity index (χ2n) is 3.65. The largest absolute Gasteiger partial charge is 0.351 e. The van der Waals surface area contributed by atoms with Gasteiger partial charge < -0.3 is 4.90 Å². The van der Waals surface area contributed by atoms with Gasteiger partial charge in [-0.1, -0.05) is 0 Å². The number of hydrogen-bond acceptors (Lipinski definition) is 5. The van der Waals surface area contributed by atoms with Gasteiger partial charge in [-0.15, -0.1) is 0 Å². The zero-order valence-corrected chi connectivity index (χ0v) is 9.35. The van der Waals surface area contributed by atoms with Crippen LogP contribution in [-0.4, -0.2) is 28.0 Å². The average molecular weight is 243 g/mol. The van der Waals surface area contributed by atoms with Crippen LogP contribution in [0.3, 0.4) is 0 Å². The third-order valence-corrected chi connectivity index (χ3v) is 2.76. The Morgan fingerprint density at radius 1 is 1.38 bits per heavy atom. The third-order valence-electron chi connectivity index (χ3n) is 2.57. The lowest BCUT2D eigenvalue weighted by Gasteiger charge is -2.26. The molecular weight excluding hydrogens is 232 g/mol. The van der Waals surface area contributed by atoms with Crippen LogP contribution < -0.4 is 4.90 Å². The molecule has 7 heteroatoms. The van der Waals surface area contributed by atoms with Crippen LogP contribution >= 0.6 is 11.6 Å². The van der Waals surface area contributed by atoms with E-state index in [0.717, 1.165) is 32.4 Å². The van der Waals surface area contributed by atoms with Crippen molar-refractivity contribution < 1.29 is 4.92 Å². The summed E-state index contributed by atoms with van der Waals surface area (Å²) in [7, 11) is 0. The predicted octanol–water partition coefficient (Wildman–Crippen LogP) is 2.03. The van der Waals surface area contributed by atoms with Crippen LogP contribution in [0.15, 0.2) is 6.20 Å². The number of nitrogens with zero attached hydrogens (tertiary/aromatic N) is 4. The molecule has 0 aromatic carbocycles. The monoisotopic (exact) mass is 242 g/mol. The van der Waals surface area contributed by atoms with Gasteiger partial charge in [-0.3, -0.25) is 10.1 Å². The van der Waals surface area contributed by atoms with Crippen molar-refractivity contribution in [2.45, 2.75) is 19.3 Å². The van der Waals surface area contributed by atoms with Crippen molar-refractivity contribution in [1.29, 1.82) is 0 Å². The van der Waals surface area contributed by atoms with Gasteiger partial charge in [-0.05, 0) is 30.9 Å². The highest BCUT2D eigenvalue weighted by molar-refractivity contribution is 6.28. The Kier molecular flexibility index (Phi) is 3.19. The van der Waals surface area contributed by atoms with E-state index < -0.39 is 4.92 Å². The summed E-state index contributed by atoms with van der Waals surface area (Å²) in [4.78, 5) is 19.9. The molecule has 0 spiro atoms. The molecule has 1 saturated heterocycles. The molecule has 16 heavy (non-hydrogen) atoms. The molecule has 0 bridgehead atoms. The highest BCUT2D eigenvalue weighted by Gasteiger charge is 2.23. The van der Waals surface area contributed by atoms with E-state index in [9.17, 15) is 10.1 Å². The maximum atomic E-state index is 10.8. The fraction of sp³-hybridized carbons (Fsp3) is 0.556. The summed E-state index contributed by atoms with van der Waals surface area (Å²) >= 11 is 5.67. The Labute approximate surface area is 97.4 Å². The highest BCUT2D eigenvalue weighted by atomic mass is 35.5. The number of anilines is 1. The van der Waals surface area contributed by atoms with E-state index in [0.29, 0.717) is 5.82 Å². The van der Waals surface area contributed by atoms with Crippen LogP contribution in [0.5, 0.6) is 0 Å². The van der Waals surface area contributed by atoms with Crippen molar-refractivity contribution in [2.75, 3.05) is 18.0 Å². The average Bonchev–Trinajstić information content (AvgIpc) is 2.29. The number of piperidine rings is 1. The molecule has 2 heterocycles. The van der Waals surface area contributed by atoms with Crippen LogP contribution in [0, 0.1) is 10.1 Å². The summed E-state index contributed by atoms with van der Waals surface area (Å²) in [6.45, 7) is 1.57. The minimum absolute atomic E-state index is 0.0474. The Morgan fingerprint density at radius 3 is 2.69 bits per heavy atom. The number of rotatable bonds is 2. The summed E-state index contributed by atoms with van der Waals surface area (Å²) in [6, 6.07) is 0. The number of halogens is 1. The fourth-order valence-corrected chi connectivity index (χ4v) is 1.94. The standard InChI is InChI=1S/C9H11ClN4O2/c10-9-11-6-7(14(15)16)8(12-9)13-4-2-1-3-5-13/h6H,1-5H2. The molecule has 1 aromatic heterocycles. The van der Waals surface area contributed by atoms with E-state index in [2.05, 4.69) is 9.97 Å². The molecule has 0 aliphatic carbocycles. The molecule has 1 aliphatic heterocycles. The topological polar surface area (TPSA) is 72.2 Å². The zero-order chi connectivity index (χ0) is 11.5. The summed E-state index contributed by atoms with van der Waals surface area (Å²) in [5.74, 6) is 0.338. The second kappa shape index (κ2) is 4.61. The molecule has 0 atom stereocenters. The zero-order valence-electron chi connectivity index (χ0n) is 8.60. The number of nitro groups is 1. The minimum Gasteiger partial charge on any atom is -0.351 e. The van der Waals surface area contributed by atoms with Crippen LogP contribution in [0.25, 0.3) is 0 Å². The van der Waals surface area contributed by atoms with Gasteiger partial charge in [0.15, 0.2) is 0 Å². The van der Waals surface area contributed by atoms with Gasteiger partial charge in [0.05, 0.1) is 4.92 Å². The molecule has 86 valence electrons. The number of aromatic nitrogens is 2. The van der Waals surface area contributed by atoms with E-state index in [-0.39, 0.29) is 11.0 Å². The van der Waals surface area contributed by atoms with Gasteiger partial charge in [0.25, 0.3) is 0 Å². The lowest BCUT2D eigenvalue weighted by molar-refractivity contribution is -0.384. The van der Waals surface area contributed by atoms with Crippen molar-refractivity contribution in [2.24, 2.45) is 0 Å². The minimum atomic E-state index is -0.472. The molecule has 2 rings (SSSR count). The summed E-state index contributed by atoms with van der Waals surface area (Å²) in [5.41, 5.74) is -0.0775. The predicted molar refractivity (Wildman–Crippen MR) is 59.8 cm³/mol. The van der Waals surface area contributed by atoms with E-state index in [1.54, 1.807) is 0 Å². The van der Waals surface area contributed by atoms with E-state index >= 15 is 0 Å². The van der Waals surface area contributed by atoms with E-state index in [1.807, 2.05) is 4.90 Å². The van der Waals surface area contributed by atoms with Crippen molar-refractivity contribution in [3.63, 3.8) is 0 Å². The molecule has 0 radical (unpaired) electrons. The molecular formula is C9H11ClN4O2. The van der Waals surface area contributed by atoms with Gasteiger partial charge in [-0.2, -0.15) is 4.98 Å². The van der Waals surface area contributed by atoms with Gasteiger partial charge in [0.2, 0.25) is 11.1 Å². The fourth-order valence-electron chi connectivity index (χ4n) is 1.81. The Morgan fingerprint density at radius 2 is 2.06 bits per heavy atom. The smallest absolute Gasteiger partial charge is 0.329 e. The van der Waals surface area contributed by atoms with Gasteiger partial charge in [0.1, 0.15) is 6.20 Å². The molecule has 0 amide bonds. The van der Waals surface area contributed by atoms with E-state index in [4.69, 9.17) is 11.6 Å². The van der Waals surface area contributed by atoms with Crippen LogP contribution in [-0.2, 0) is 0 Å². The first kappa shape index (κ1) is 11.1. The van der Waals surface area contributed by atoms with Crippen molar-refractivity contribution in [3.8, 4) is 0 Å². The second-order valence-corrected chi connectivity index (χ2v) is 3.99. The molecule has 0 unspecified atom stereocenters. The van der Waals surface area contributed by atoms with E-state index in [1.165, 1.54) is 6.20 Å². The highest BCUT2D eigenvalue weighted by Crippen LogP contribution is 2.28. The van der Waals surface area contributed by atoms with Gasteiger partial charge >= 0.3 is 5.69 Å². The quantitative estimate of drug-likeness (QED) is 0.451. The van der Waals surface area contributed by atoms with Crippen molar-refractivity contribution >= 4 is 23.1 Å². The lowest BCUT2D eigenvalue weighted by Crippen LogP contribution is -2.30. The maximum absolute atomic E-state index is 10.8. The molecule has 1 aromatic rings. The summed E-state index contributed by atoms with van der Waals surface area (Å²) in [6.07, 6.45) is 4.37. The molecule has 1 aliphatic rings. The van der Waals surface area contributed by atoms with Gasteiger partial charge in [-0.25, -0.2) is 4.98 Å². The normalized spacial score (nSPS) is 16.2. The van der Waals surface area contributed by atoms with Gasteiger partial charge in [0, 0.05) is 13.1 Å². The van der Waals surface area contributed by atoms with Crippen LogP contribution in [0.4, 0.5) is 11.5 Å². The molecule has 6 nitrogen and oxygen atoms in total. The SMILES string of the molecule is O=[N+]([O-])c1cnc(Cl)nc1N1CCCCC1. The lowest BCUT2D eigenvalue weighted by atomic mass is 10.1. The van der Waals surface area contributed by atoms with Crippen molar-refractivity contribution in [3.05, 3.63) is 21.6 Å². The van der Waals surface area contributed by atoms with Crippen LogP contribution in [0.2, 0.25) is 5.28 Å². The molecule has 0 N–H and O–H groups in total. The summed E-state index contributed by atoms with van der Waals surface area (Å²) < 4.78 is 0. The van der Waals surface area contributed by atoms with Crippen molar-refractivity contribution in [1.82, 2.24) is 9.97 Å². The molecule has 1 fully saturated rings. The first-order valence-electron chi connectivity index (χ1n) is 5.10. The summed E-state index contributed by atoms with van der Waals surface area (Å²) in [5, 5.41) is 10.9. The maximum Gasteiger partial charge on any atom is 0.329 e. The number of hydrogen-bond donors (Lipinski definition) is 0. The molecule has 0 saturated carbocycles. The van der Waals surface area contributed by atoms with Crippen LogP contribution in [0.1, 0.15) is 19.3 Å². The third kappa shape index (κ3) is 2.21.